The van der Waals surface area contributed by atoms with Crippen molar-refractivity contribution in [1.82, 2.24) is 4.90 Å². The van der Waals surface area contributed by atoms with E-state index in [4.69, 9.17) is 5.26 Å². The van der Waals surface area contributed by atoms with Gasteiger partial charge in [-0.2, -0.15) is 5.26 Å². The van der Waals surface area contributed by atoms with Crippen molar-refractivity contribution in [2.45, 2.75) is 18.5 Å². The van der Waals surface area contributed by atoms with E-state index in [0.717, 1.165) is 11.1 Å². The van der Waals surface area contributed by atoms with Crippen LogP contribution in [0.1, 0.15) is 22.6 Å². The van der Waals surface area contributed by atoms with Crippen LogP contribution in [0.4, 0.5) is 0 Å². The van der Waals surface area contributed by atoms with E-state index in [0.29, 0.717) is 25.2 Å². The van der Waals surface area contributed by atoms with Crippen molar-refractivity contribution in [1.29, 1.82) is 5.26 Å². The highest BCUT2D eigenvalue weighted by atomic mass is 16.6. The summed E-state index contributed by atoms with van der Waals surface area (Å²) in [6.45, 7) is 1.78. The highest BCUT2D eigenvalue weighted by molar-refractivity contribution is 5.35. The Kier molecular flexibility index (Phi) is 4.35. The fourth-order valence-corrected chi connectivity index (χ4v) is 3.22. The van der Waals surface area contributed by atoms with Crippen molar-refractivity contribution < 1.29 is 4.92 Å². The fraction of sp³-hybridized carbons (Fsp3) is 0.278. The molecule has 0 amide bonds. The van der Waals surface area contributed by atoms with Crippen LogP contribution < -0.4 is 0 Å². The molecular formula is C18H17N3O2. The molecule has 0 aromatic heterocycles. The summed E-state index contributed by atoms with van der Waals surface area (Å²) in [5.74, 6) is -0.179. The number of hydrogen-bond donors (Lipinski definition) is 0. The van der Waals surface area contributed by atoms with E-state index in [-0.39, 0.29) is 10.8 Å². The Morgan fingerprint density at radius 1 is 1.17 bits per heavy atom. The van der Waals surface area contributed by atoms with Crippen molar-refractivity contribution in [2.24, 2.45) is 0 Å². The topological polar surface area (TPSA) is 70.2 Å². The van der Waals surface area contributed by atoms with Crippen molar-refractivity contribution in [3.63, 3.8) is 0 Å². The van der Waals surface area contributed by atoms with Crippen LogP contribution >= 0.6 is 0 Å². The molecule has 5 nitrogen and oxygen atoms in total. The zero-order valence-electron chi connectivity index (χ0n) is 12.6. The second-order valence-electron chi connectivity index (χ2n) is 5.88. The Bertz CT molecular complexity index is 739. The van der Waals surface area contributed by atoms with Gasteiger partial charge in [0, 0.05) is 18.0 Å². The molecule has 116 valence electrons. The Morgan fingerprint density at radius 3 is 2.65 bits per heavy atom. The van der Waals surface area contributed by atoms with E-state index >= 15 is 0 Å². The summed E-state index contributed by atoms with van der Waals surface area (Å²) in [4.78, 5) is 13.4. The summed E-state index contributed by atoms with van der Waals surface area (Å²) in [6, 6.07) is 18.6. The Morgan fingerprint density at radius 2 is 1.96 bits per heavy atom. The van der Waals surface area contributed by atoms with Crippen molar-refractivity contribution >= 4 is 0 Å². The molecule has 0 bridgehead atoms. The van der Waals surface area contributed by atoms with Crippen LogP contribution in [-0.4, -0.2) is 29.0 Å². The predicted octanol–water partition coefficient (Wildman–Crippen LogP) is 2.80. The normalized spacial score (nSPS) is 21.0. The van der Waals surface area contributed by atoms with Gasteiger partial charge in [0.05, 0.1) is 24.1 Å². The minimum absolute atomic E-state index is 0.179. The van der Waals surface area contributed by atoms with Gasteiger partial charge in [0.25, 0.3) is 0 Å². The predicted molar refractivity (Wildman–Crippen MR) is 86.4 cm³/mol. The van der Waals surface area contributed by atoms with Gasteiger partial charge in [0.2, 0.25) is 6.04 Å². The third-order valence-electron chi connectivity index (χ3n) is 4.33. The van der Waals surface area contributed by atoms with E-state index < -0.39 is 6.04 Å². The van der Waals surface area contributed by atoms with Gasteiger partial charge in [-0.1, -0.05) is 42.5 Å². The summed E-state index contributed by atoms with van der Waals surface area (Å²) in [6.07, 6.45) is 0. The van der Waals surface area contributed by atoms with Gasteiger partial charge in [-0.05, 0) is 23.3 Å². The smallest absolute Gasteiger partial charge is 0.233 e. The second-order valence-corrected chi connectivity index (χ2v) is 5.88. The van der Waals surface area contributed by atoms with Gasteiger partial charge in [-0.15, -0.1) is 0 Å². The molecule has 1 aliphatic heterocycles. The second kappa shape index (κ2) is 6.59. The van der Waals surface area contributed by atoms with Gasteiger partial charge >= 0.3 is 0 Å². The lowest BCUT2D eigenvalue weighted by Crippen LogP contribution is -2.28. The molecular weight excluding hydrogens is 290 g/mol. The molecule has 1 saturated heterocycles. The zero-order valence-corrected chi connectivity index (χ0v) is 12.6. The molecule has 0 spiro atoms. The first-order valence-electron chi connectivity index (χ1n) is 7.57. The molecule has 0 radical (unpaired) electrons. The lowest BCUT2D eigenvalue weighted by atomic mass is 9.93. The summed E-state index contributed by atoms with van der Waals surface area (Å²) in [7, 11) is 0. The maximum Gasteiger partial charge on any atom is 0.233 e. The van der Waals surface area contributed by atoms with Crippen LogP contribution in [-0.2, 0) is 6.54 Å². The molecule has 5 heteroatoms. The first-order valence-corrected chi connectivity index (χ1v) is 7.57. The van der Waals surface area contributed by atoms with Crippen LogP contribution in [0, 0.1) is 21.4 Å². The molecule has 2 aromatic carbocycles. The van der Waals surface area contributed by atoms with E-state index in [1.807, 2.05) is 36.4 Å². The van der Waals surface area contributed by atoms with Crippen LogP contribution in [0.25, 0.3) is 0 Å². The average Bonchev–Trinajstić information content (AvgIpc) is 3.00. The summed E-state index contributed by atoms with van der Waals surface area (Å²) in [5.41, 5.74) is 2.58. The summed E-state index contributed by atoms with van der Waals surface area (Å²) >= 11 is 0. The first kappa shape index (κ1) is 15.2. The van der Waals surface area contributed by atoms with Gasteiger partial charge in [-0.3, -0.25) is 15.0 Å². The largest absolute Gasteiger partial charge is 0.292 e. The third-order valence-corrected chi connectivity index (χ3v) is 4.33. The molecule has 3 rings (SSSR count). The molecule has 1 heterocycles. The number of likely N-dealkylation sites (tertiary alicyclic amines) is 1. The molecule has 0 saturated carbocycles. The monoisotopic (exact) mass is 307 g/mol. The van der Waals surface area contributed by atoms with Gasteiger partial charge < -0.3 is 0 Å². The molecule has 2 atom stereocenters. The standard InChI is InChI=1S/C18H17N3O2/c19-10-15-7-4-8-16(9-15)17-12-20(13-18(17)21(22)23)11-14-5-2-1-3-6-14/h1-9,17-18H,11-13H2/t17-,18+/m1/s1. The Balaban J connectivity index is 1.81. The summed E-state index contributed by atoms with van der Waals surface area (Å²) in [5, 5.41) is 20.5. The highest BCUT2D eigenvalue weighted by Crippen LogP contribution is 2.30. The lowest BCUT2D eigenvalue weighted by molar-refractivity contribution is -0.521. The van der Waals surface area contributed by atoms with E-state index in [9.17, 15) is 10.1 Å². The fourth-order valence-electron chi connectivity index (χ4n) is 3.22. The molecule has 0 N–H and O–H groups in total. The van der Waals surface area contributed by atoms with Gasteiger partial charge in [0.1, 0.15) is 0 Å². The summed E-state index contributed by atoms with van der Waals surface area (Å²) < 4.78 is 0. The van der Waals surface area contributed by atoms with Gasteiger partial charge in [-0.25, -0.2) is 0 Å². The zero-order chi connectivity index (χ0) is 16.2. The molecule has 1 aliphatic rings. The number of nitro groups is 1. The number of nitriles is 1. The number of nitrogens with zero attached hydrogens (tertiary/aromatic N) is 3. The Hall–Kier alpha value is -2.71. The number of benzene rings is 2. The van der Waals surface area contributed by atoms with E-state index in [1.54, 1.807) is 18.2 Å². The number of hydrogen-bond acceptors (Lipinski definition) is 4. The number of rotatable bonds is 4. The minimum atomic E-state index is -0.632. The van der Waals surface area contributed by atoms with Crippen LogP contribution in [0.2, 0.25) is 0 Å². The first-order chi connectivity index (χ1) is 11.2. The highest BCUT2D eigenvalue weighted by Gasteiger charge is 2.41. The quantitative estimate of drug-likeness (QED) is 0.643. The van der Waals surface area contributed by atoms with E-state index in [2.05, 4.69) is 11.0 Å². The molecule has 0 aliphatic carbocycles. The molecule has 0 unspecified atom stereocenters. The van der Waals surface area contributed by atoms with Gasteiger partial charge in [0.15, 0.2) is 0 Å². The van der Waals surface area contributed by atoms with Crippen LogP contribution in [0.5, 0.6) is 0 Å². The van der Waals surface area contributed by atoms with Crippen molar-refractivity contribution in [3.05, 3.63) is 81.4 Å². The molecule has 2 aromatic rings. The van der Waals surface area contributed by atoms with Crippen LogP contribution in [0.15, 0.2) is 54.6 Å². The van der Waals surface area contributed by atoms with Crippen molar-refractivity contribution in [3.8, 4) is 6.07 Å². The van der Waals surface area contributed by atoms with E-state index in [1.165, 1.54) is 0 Å². The Labute approximate surface area is 134 Å². The van der Waals surface area contributed by atoms with Crippen LogP contribution in [0.3, 0.4) is 0 Å². The molecule has 23 heavy (non-hydrogen) atoms. The average molecular weight is 307 g/mol. The minimum Gasteiger partial charge on any atom is -0.292 e. The third kappa shape index (κ3) is 3.38. The van der Waals surface area contributed by atoms with Crippen molar-refractivity contribution in [2.75, 3.05) is 13.1 Å². The maximum atomic E-state index is 11.5. The lowest BCUT2D eigenvalue weighted by Gasteiger charge is -2.15. The maximum absolute atomic E-state index is 11.5. The SMILES string of the molecule is N#Cc1cccc([C@H]2CN(Cc3ccccc3)C[C@@H]2[N+](=O)[O-])c1. The molecule has 1 fully saturated rings.